The lowest BCUT2D eigenvalue weighted by Crippen LogP contribution is -2.19. The van der Waals surface area contributed by atoms with Gasteiger partial charge < -0.3 is 20.3 Å². The van der Waals surface area contributed by atoms with E-state index >= 15 is 0 Å². The molecule has 0 radical (unpaired) electrons. The Labute approximate surface area is 252 Å². The summed E-state index contributed by atoms with van der Waals surface area (Å²) in [6.07, 6.45) is 1.68. The van der Waals surface area contributed by atoms with Crippen molar-refractivity contribution >= 4 is 34.6 Å². The number of anilines is 3. The van der Waals surface area contributed by atoms with Crippen molar-refractivity contribution in [1.82, 2.24) is 19.9 Å². The number of hydrogen-bond acceptors (Lipinski definition) is 8. The van der Waals surface area contributed by atoms with Crippen LogP contribution in [0, 0.1) is 25.5 Å². The largest absolute Gasteiger partial charge is 0.492 e. The Balaban J connectivity index is 1.36. The molecular formula is C32H30F2N6O2S. The van der Waals surface area contributed by atoms with E-state index in [4.69, 9.17) is 14.7 Å². The number of nitrogens with zero attached hydrogens (tertiary/aromatic N) is 4. The normalized spacial score (nSPS) is 11.0. The SMILES string of the molecule is Cc1nc(-c2cccc(NC(=O)c3c(F)cccc3F)c2)c(-c2ccnc(Nc3ccc(OCCN(C)C)c(C)c3)n2)s1. The summed E-state index contributed by atoms with van der Waals surface area (Å²) in [7, 11) is 4.01. The topological polar surface area (TPSA) is 92.3 Å². The molecule has 2 N–H and O–H groups in total. The van der Waals surface area contributed by atoms with E-state index in [1.807, 2.05) is 52.2 Å². The van der Waals surface area contributed by atoms with Gasteiger partial charge in [0, 0.05) is 29.7 Å². The van der Waals surface area contributed by atoms with Crippen molar-refractivity contribution in [3.8, 4) is 27.6 Å². The molecule has 0 spiro atoms. The summed E-state index contributed by atoms with van der Waals surface area (Å²) in [5, 5.41) is 6.68. The molecule has 0 saturated carbocycles. The molecule has 220 valence electrons. The van der Waals surface area contributed by atoms with Crippen molar-refractivity contribution in [1.29, 1.82) is 0 Å². The lowest BCUT2D eigenvalue weighted by molar-refractivity contribution is 0.101. The summed E-state index contributed by atoms with van der Waals surface area (Å²) in [5.74, 6) is -1.50. The van der Waals surface area contributed by atoms with E-state index in [9.17, 15) is 13.6 Å². The first-order valence-corrected chi connectivity index (χ1v) is 14.3. The molecule has 0 aliphatic carbocycles. The van der Waals surface area contributed by atoms with Gasteiger partial charge in [0.25, 0.3) is 5.91 Å². The van der Waals surface area contributed by atoms with Gasteiger partial charge in [0.2, 0.25) is 5.95 Å². The highest BCUT2D eigenvalue weighted by atomic mass is 32.1. The van der Waals surface area contributed by atoms with Crippen molar-refractivity contribution in [2.75, 3.05) is 37.9 Å². The number of benzene rings is 3. The first kappa shape index (κ1) is 29.7. The van der Waals surface area contributed by atoms with Crippen LogP contribution in [-0.2, 0) is 0 Å². The number of likely N-dealkylation sites (N-methyl/N-ethyl adjacent to an activating group) is 1. The van der Waals surface area contributed by atoms with Crippen LogP contribution in [-0.4, -0.2) is 53.0 Å². The summed E-state index contributed by atoms with van der Waals surface area (Å²) in [5.41, 5.74) is 3.59. The molecule has 1 amide bonds. The maximum absolute atomic E-state index is 14.1. The number of aryl methyl sites for hydroxylation is 2. The molecule has 8 nitrogen and oxygen atoms in total. The number of nitrogens with one attached hydrogen (secondary N) is 2. The Morgan fingerprint density at radius 1 is 0.953 bits per heavy atom. The van der Waals surface area contributed by atoms with Gasteiger partial charge in [0.05, 0.1) is 21.3 Å². The summed E-state index contributed by atoms with van der Waals surface area (Å²) in [6, 6.07) is 17.9. The molecule has 0 aliphatic heterocycles. The number of thiazole rings is 1. The first-order valence-electron chi connectivity index (χ1n) is 13.5. The zero-order valence-corrected chi connectivity index (χ0v) is 24.9. The van der Waals surface area contributed by atoms with E-state index in [1.54, 1.807) is 30.5 Å². The van der Waals surface area contributed by atoms with Crippen LogP contribution in [0.2, 0.25) is 0 Å². The number of hydrogen-bond donors (Lipinski definition) is 2. The number of aromatic nitrogens is 3. The fourth-order valence-electron chi connectivity index (χ4n) is 4.35. The second kappa shape index (κ2) is 13.1. The Kier molecular flexibility index (Phi) is 9.03. The maximum Gasteiger partial charge on any atom is 0.261 e. The molecule has 0 bridgehead atoms. The fourth-order valence-corrected chi connectivity index (χ4v) is 5.26. The summed E-state index contributed by atoms with van der Waals surface area (Å²) in [4.78, 5) is 29.4. The summed E-state index contributed by atoms with van der Waals surface area (Å²) >= 11 is 1.48. The zero-order valence-electron chi connectivity index (χ0n) is 24.1. The third-order valence-corrected chi connectivity index (χ3v) is 7.43. The molecule has 3 aromatic carbocycles. The molecule has 0 unspecified atom stereocenters. The van der Waals surface area contributed by atoms with Crippen LogP contribution in [0.3, 0.4) is 0 Å². The highest BCUT2D eigenvalue weighted by Gasteiger charge is 2.19. The smallest absolute Gasteiger partial charge is 0.261 e. The molecule has 5 rings (SSSR count). The second-order valence-electron chi connectivity index (χ2n) is 10.1. The lowest BCUT2D eigenvalue weighted by atomic mass is 10.1. The second-order valence-corrected chi connectivity index (χ2v) is 11.3. The van der Waals surface area contributed by atoms with E-state index in [2.05, 4.69) is 20.5 Å². The standard InChI is InChI=1S/C32H30F2N6O2S/c1-19-17-23(11-12-27(19)42-16-15-40(3)4)38-32-35-14-13-26(39-32)30-29(36-20(2)43-30)21-7-5-8-22(18-21)37-31(41)28-24(33)9-6-10-25(28)34/h5-14,17-18H,15-16H2,1-4H3,(H,37,41)(H,35,38,39). The number of ether oxygens (including phenoxy) is 1. The lowest BCUT2D eigenvalue weighted by Gasteiger charge is -2.14. The third kappa shape index (κ3) is 7.19. The minimum atomic E-state index is -0.932. The highest BCUT2D eigenvalue weighted by Crippen LogP contribution is 2.37. The third-order valence-electron chi connectivity index (χ3n) is 6.43. The number of carbonyl (C=O) groups is 1. The van der Waals surface area contributed by atoms with Crippen molar-refractivity contribution in [3.63, 3.8) is 0 Å². The van der Waals surface area contributed by atoms with Crippen LogP contribution in [0.15, 0.2) is 72.9 Å². The molecule has 2 aromatic heterocycles. The van der Waals surface area contributed by atoms with E-state index < -0.39 is 23.1 Å². The maximum atomic E-state index is 14.1. The molecule has 43 heavy (non-hydrogen) atoms. The van der Waals surface area contributed by atoms with Crippen LogP contribution >= 0.6 is 11.3 Å². The minimum absolute atomic E-state index is 0.372. The molecule has 11 heteroatoms. The van der Waals surface area contributed by atoms with Crippen molar-refractivity contribution in [2.24, 2.45) is 0 Å². The number of halogens is 2. The molecular weight excluding hydrogens is 570 g/mol. The van der Waals surface area contributed by atoms with Gasteiger partial charge in [0.1, 0.15) is 29.6 Å². The summed E-state index contributed by atoms with van der Waals surface area (Å²) < 4.78 is 34.2. The van der Waals surface area contributed by atoms with Gasteiger partial charge in [-0.1, -0.05) is 18.2 Å². The van der Waals surface area contributed by atoms with Gasteiger partial charge in [-0.15, -0.1) is 11.3 Å². The van der Waals surface area contributed by atoms with E-state index in [0.29, 0.717) is 35.2 Å². The zero-order chi connectivity index (χ0) is 30.5. The Morgan fingerprint density at radius 3 is 2.47 bits per heavy atom. The quantitative estimate of drug-likeness (QED) is 0.177. The van der Waals surface area contributed by atoms with Crippen LogP contribution < -0.4 is 15.4 Å². The fraction of sp³-hybridized carbons (Fsp3) is 0.188. The van der Waals surface area contributed by atoms with Crippen molar-refractivity contribution in [3.05, 3.63) is 101 Å². The molecule has 2 heterocycles. The Bertz CT molecular complexity index is 1750. The van der Waals surface area contributed by atoms with Gasteiger partial charge in [-0.05, 0) is 82.0 Å². The number of amides is 1. The average Bonchev–Trinajstić information content (AvgIpc) is 3.36. The predicted octanol–water partition coefficient (Wildman–Crippen LogP) is 7.10. The van der Waals surface area contributed by atoms with Gasteiger partial charge >= 0.3 is 0 Å². The van der Waals surface area contributed by atoms with E-state index in [-0.39, 0.29) is 0 Å². The van der Waals surface area contributed by atoms with E-state index in [1.165, 1.54) is 17.4 Å². The number of carbonyl (C=O) groups excluding carboxylic acids is 1. The van der Waals surface area contributed by atoms with Gasteiger partial charge in [-0.3, -0.25) is 4.79 Å². The van der Waals surface area contributed by atoms with Crippen molar-refractivity contribution < 1.29 is 18.3 Å². The molecule has 0 aliphatic rings. The first-order chi connectivity index (χ1) is 20.7. The summed E-state index contributed by atoms with van der Waals surface area (Å²) in [6.45, 7) is 5.31. The highest BCUT2D eigenvalue weighted by molar-refractivity contribution is 7.15. The van der Waals surface area contributed by atoms with Crippen LogP contribution in [0.25, 0.3) is 21.8 Å². The average molecular weight is 601 g/mol. The van der Waals surface area contributed by atoms with Crippen LogP contribution in [0.5, 0.6) is 5.75 Å². The van der Waals surface area contributed by atoms with Gasteiger partial charge in [-0.2, -0.15) is 0 Å². The molecule has 0 saturated heterocycles. The number of rotatable bonds is 10. The Hall–Kier alpha value is -4.74. The molecule has 0 fully saturated rings. The minimum Gasteiger partial charge on any atom is -0.492 e. The Morgan fingerprint density at radius 2 is 1.72 bits per heavy atom. The van der Waals surface area contributed by atoms with Crippen LogP contribution in [0.4, 0.5) is 26.1 Å². The predicted molar refractivity (Wildman–Crippen MR) is 166 cm³/mol. The molecule has 0 atom stereocenters. The van der Waals surface area contributed by atoms with Gasteiger partial charge in [-0.25, -0.2) is 23.7 Å². The van der Waals surface area contributed by atoms with Crippen LogP contribution in [0.1, 0.15) is 20.9 Å². The molecule has 5 aromatic rings. The monoisotopic (exact) mass is 600 g/mol. The van der Waals surface area contributed by atoms with E-state index in [0.717, 1.165) is 45.6 Å². The van der Waals surface area contributed by atoms with Gasteiger partial charge in [0.15, 0.2) is 0 Å². The van der Waals surface area contributed by atoms with Crippen molar-refractivity contribution in [2.45, 2.75) is 13.8 Å².